The van der Waals surface area contributed by atoms with Gasteiger partial charge in [0.25, 0.3) is 0 Å². The van der Waals surface area contributed by atoms with Crippen molar-refractivity contribution in [1.29, 1.82) is 0 Å². The third kappa shape index (κ3) is 3.20. The molecule has 1 aromatic rings. The summed E-state index contributed by atoms with van der Waals surface area (Å²) in [4.78, 5) is 13.8. The zero-order valence-electron chi connectivity index (χ0n) is 10.9. The van der Waals surface area contributed by atoms with Gasteiger partial charge in [0.1, 0.15) is 12.4 Å². The summed E-state index contributed by atoms with van der Waals surface area (Å²) in [5, 5.41) is 3.43. The van der Waals surface area contributed by atoms with Gasteiger partial charge >= 0.3 is 0 Å². The number of anilines is 1. The van der Waals surface area contributed by atoms with Crippen LogP contribution in [0.15, 0.2) is 30.9 Å². The maximum absolute atomic E-state index is 11.7. The quantitative estimate of drug-likeness (QED) is 0.860. The summed E-state index contributed by atoms with van der Waals surface area (Å²) in [5.41, 5.74) is 0.917. The van der Waals surface area contributed by atoms with Crippen LogP contribution in [-0.4, -0.2) is 32.1 Å². The van der Waals surface area contributed by atoms with Crippen molar-refractivity contribution in [2.24, 2.45) is 0 Å². The fourth-order valence-electron chi connectivity index (χ4n) is 2.05. The summed E-state index contributed by atoms with van der Waals surface area (Å²) >= 11 is 5.99. The fraction of sp³-hybridized carbons (Fsp3) is 0.357. The molecule has 5 heteroatoms. The van der Waals surface area contributed by atoms with Crippen LogP contribution in [0.25, 0.3) is 0 Å². The van der Waals surface area contributed by atoms with Gasteiger partial charge in [0.2, 0.25) is 5.91 Å². The molecule has 1 aromatic carbocycles. The van der Waals surface area contributed by atoms with E-state index in [0.717, 1.165) is 11.4 Å². The number of amides is 1. The van der Waals surface area contributed by atoms with Gasteiger partial charge in [-0.3, -0.25) is 4.79 Å². The molecule has 1 amide bonds. The summed E-state index contributed by atoms with van der Waals surface area (Å²) in [7, 11) is 1.95. The third-order valence-electron chi connectivity index (χ3n) is 3.14. The highest BCUT2D eigenvalue weighted by molar-refractivity contribution is 6.30. The number of carbonyl (C=O) groups is 1. The van der Waals surface area contributed by atoms with Crippen LogP contribution in [0.2, 0.25) is 5.02 Å². The molecular weight excluding hydrogens is 264 g/mol. The van der Waals surface area contributed by atoms with E-state index in [-0.39, 0.29) is 11.9 Å². The van der Waals surface area contributed by atoms with Crippen LogP contribution in [-0.2, 0) is 4.79 Å². The Kier molecular flexibility index (Phi) is 4.32. The molecule has 0 radical (unpaired) electrons. The highest BCUT2D eigenvalue weighted by Gasteiger charge is 2.26. The number of benzene rings is 1. The minimum Gasteiger partial charge on any atom is -0.489 e. The molecule has 0 spiro atoms. The van der Waals surface area contributed by atoms with Gasteiger partial charge in [-0.05, 0) is 18.2 Å². The topological polar surface area (TPSA) is 41.6 Å². The Bertz CT molecular complexity index is 490. The Hall–Kier alpha value is -1.68. The first-order valence-electron chi connectivity index (χ1n) is 6.14. The van der Waals surface area contributed by atoms with Gasteiger partial charge in [-0.1, -0.05) is 17.7 Å². The van der Waals surface area contributed by atoms with Gasteiger partial charge < -0.3 is 15.0 Å². The Morgan fingerprint density at radius 1 is 1.68 bits per heavy atom. The van der Waals surface area contributed by atoms with Crippen molar-refractivity contribution in [3.8, 4) is 5.75 Å². The molecule has 102 valence electrons. The van der Waals surface area contributed by atoms with Crippen LogP contribution in [0.4, 0.5) is 5.69 Å². The average Bonchev–Trinajstić information content (AvgIpc) is 2.40. The molecule has 0 fully saturated rings. The minimum absolute atomic E-state index is 0.00849. The number of hydrogen-bond donors (Lipinski definition) is 1. The van der Waals surface area contributed by atoms with Crippen LogP contribution >= 0.6 is 11.6 Å². The van der Waals surface area contributed by atoms with E-state index in [9.17, 15) is 4.79 Å². The second-order valence-corrected chi connectivity index (χ2v) is 4.92. The molecule has 1 aliphatic rings. The van der Waals surface area contributed by atoms with Crippen LogP contribution in [0.5, 0.6) is 5.75 Å². The maximum atomic E-state index is 11.7. The molecule has 0 aliphatic carbocycles. The summed E-state index contributed by atoms with van der Waals surface area (Å²) in [6.07, 6.45) is 2.05. The lowest BCUT2D eigenvalue weighted by molar-refractivity contribution is -0.121. The third-order valence-corrected chi connectivity index (χ3v) is 3.38. The smallest absolute Gasteiger partial charge is 0.222 e. The largest absolute Gasteiger partial charge is 0.489 e. The number of likely N-dealkylation sites (N-methyl/N-ethyl adjacent to an activating group) is 1. The normalized spacial score (nSPS) is 17.4. The number of halogens is 1. The fourth-order valence-corrected chi connectivity index (χ4v) is 2.22. The van der Waals surface area contributed by atoms with Gasteiger partial charge in [-0.15, -0.1) is 6.58 Å². The molecule has 0 saturated heterocycles. The van der Waals surface area contributed by atoms with Gasteiger partial charge in [0, 0.05) is 18.6 Å². The van der Waals surface area contributed by atoms with Crippen molar-refractivity contribution in [3.05, 3.63) is 35.9 Å². The molecule has 4 nitrogen and oxygen atoms in total. The molecule has 0 aromatic heterocycles. The number of nitrogens with one attached hydrogen (secondary N) is 1. The monoisotopic (exact) mass is 280 g/mol. The molecule has 19 heavy (non-hydrogen) atoms. The lowest BCUT2D eigenvalue weighted by Gasteiger charge is -2.35. The number of nitrogens with zero attached hydrogens (tertiary/aromatic N) is 1. The second kappa shape index (κ2) is 5.97. The predicted molar refractivity (Wildman–Crippen MR) is 77.0 cm³/mol. The first-order chi connectivity index (χ1) is 9.11. The van der Waals surface area contributed by atoms with E-state index < -0.39 is 0 Å². The van der Waals surface area contributed by atoms with E-state index >= 15 is 0 Å². The number of hydrogen-bond acceptors (Lipinski definition) is 3. The molecule has 1 aliphatic heterocycles. The van der Waals surface area contributed by atoms with Crippen LogP contribution in [0.3, 0.4) is 0 Å². The molecule has 0 saturated carbocycles. The number of carbonyl (C=O) groups excluding carboxylic acids is 1. The van der Waals surface area contributed by atoms with Crippen molar-refractivity contribution < 1.29 is 9.53 Å². The van der Waals surface area contributed by atoms with E-state index in [0.29, 0.717) is 24.6 Å². The highest BCUT2D eigenvalue weighted by atomic mass is 35.5. The van der Waals surface area contributed by atoms with E-state index in [1.54, 1.807) is 12.1 Å². The van der Waals surface area contributed by atoms with E-state index in [4.69, 9.17) is 16.3 Å². The van der Waals surface area contributed by atoms with Crippen molar-refractivity contribution in [3.63, 3.8) is 0 Å². The van der Waals surface area contributed by atoms with Crippen molar-refractivity contribution in [1.82, 2.24) is 5.32 Å². The first kappa shape index (κ1) is 13.7. The van der Waals surface area contributed by atoms with E-state index in [2.05, 4.69) is 11.9 Å². The molecule has 0 bridgehead atoms. The number of fused-ring (bicyclic) bond motifs is 1. The summed E-state index contributed by atoms with van der Waals surface area (Å²) < 4.78 is 5.67. The van der Waals surface area contributed by atoms with Crippen molar-refractivity contribution >= 4 is 23.2 Å². The van der Waals surface area contributed by atoms with Gasteiger partial charge in [0.15, 0.2) is 0 Å². The van der Waals surface area contributed by atoms with Gasteiger partial charge in [-0.2, -0.15) is 0 Å². The molecule has 1 atom stereocenters. The molecule has 1 N–H and O–H groups in total. The predicted octanol–water partition coefficient (Wildman–Crippen LogP) is 2.23. The molecular formula is C14H17ClN2O2. The molecule has 1 heterocycles. The van der Waals surface area contributed by atoms with Crippen LogP contribution < -0.4 is 15.0 Å². The summed E-state index contributed by atoms with van der Waals surface area (Å²) in [6, 6.07) is 5.51. The molecule has 1 unspecified atom stereocenters. The van der Waals surface area contributed by atoms with Crippen LogP contribution in [0, 0.1) is 0 Å². The maximum Gasteiger partial charge on any atom is 0.222 e. The lowest BCUT2D eigenvalue weighted by Crippen LogP contribution is -2.43. The summed E-state index contributed by atoms with van der Waals surface area (Å²) in [6.45, 7) is 4.55. The Morgan fingerprint density at radius 2 is 2.47 bits per heavy atom. The highest BCUT2D eigenvalue weighted by Crippen LogP contribution is 2.35. The zero-order chi connectivity index (χ0) is 13.8. The zero-order valence-corrected chi connectivity index (χ0v) is 11.6. The number of rotatable bonds is 4. The average molecular weight is 281 g/mol. The van der Waals surface area contributed by atoms with Gasteiger partial charge in [0.05, 0.1) is 18.2 Å². The van der Waals surface area contributed by atoms with Crippen LogP contribution in [0.1, 0.15) is 6.42 Å². The van der Waals surface area contributed by atoms with E-state index in [1.807, 2.05) is 24.1 Å². The molecule has 2 rings (SSSR count). The second-order valence-electron chi connectivity index (χ2n) is 4.48. The Balaban J connectivity index is 2.06. The standard InChI is InChI=1S/C14H17ClN2O2/c1-3-6-16-14(18)8-11-9-19-13-5-4-10(15)7-12(13)17(11)2/h3-5,7,11H,1,6,8-9H2,2H3,(H,16,18). The first-order valence-corrected chi connectivity index (χ1v) is 6.52. The van der Waals surface area contributed by atoms with Crippen molar-refractivity contribution in [2.45, 2.75) is 12.5 Å². The Morgan fingerprint density at radius 3 is 3.21 bits per heavy atom. The number of ether oxygens (including phenoxy) is 1. The lowest BCUT2D eigenvalue weighted by atomic mass is 10.1. The SMILES string of the molecule is C=CCNC(=O)CC1COc2ccc(Cl)cc2N1C. The Labute approximate surface area is 118 Å². The van der Waals surface area contributed by atoms with E-state index in [1.165, 1.54) is 0 Å². The van der Waals surface area contributed by atoms with Gasteiger partial charge in [-0.25, -0.2) is 0 Å². The summed E-state index contributed by atoms with van der Waals surface area (Å²) in [5.74, 6) is 0.792. The van der Waals surface area contributed by atoms with Crippen molar-refractivity contribution in [2.75, 3.05) is 25.1 Å². The minimum atomic E-state index is -0.00849.